The smallest absolute Gasteiger partial charge is 0.194 e. The average molecular weight is 393 g/mol. The zero-order valence-corrected chi connectivity index (χ0v) is 18.1. The number of benzene rings is 1. The lowest BCUT2D eigenvalue weighted by Crippen LogP contribution is -2.44. The summed E-state index contributed by atoms with van der Waals surface area (Å²) in [4.78, 5) is 9.46. The first kappa shape index (κ1) is 22.3. The van der Waals surface area contributed by atoms with Crippen LogP contribution >= 0.6 is 0 Å². The van der Waals surface area contributed by atoms with Gasteiger partial charge in [0.05, 0.1) is 20.8 Å². The molecule has 1 aliphatic heterocycles. The minimum atomic E-state index is 0.768. The number of nitrogens with one attached hydrogen (secondary N) is 1. The maximum Gasteiger partial charge on any atom is 0.194 e. The highest BCUT2D eigenvalue weighted by Crippen LogP contribution is 2.33. The van der Waals surface area contributed by atoms with Crippen molar-refractivity contribution >= 4 is 5.96 Å². The first-order valence-electron chi connectivity index (χ1n) is 10.1. The number of likely N-dealkylation sites (N-methyl/N-ethyl adjacent to an activating group) is 1. The minimum Gasteiger partial charge on any atom is -0.493 e. The van der Waals surface area contributed by atoms with Crippen LogP contribution in [0.4, 0.5) is 0 Å². The van der Waals surface area contributed by atoms with Crippen LogP contribution in [0.25, 0.3) is 0 Å². The van der Waals surface area contributed by atoms with Crippen LogP contribution in [0.5, 0.6) is 11.5 Å². The van der Waals surface area contributed by atoms with Crippen LogP contribution in [0, 0.1) is 0 Å². The van der Waals surface area contributed by atoms with Gasteiger partial charge < -0.3 is 29.3 Å². The first-order chi connectivity index (χ1) is 13.6. The van der Waals surface area contributed by atoms with E-state index in [9.17, 15) is 0 Å². The van der Waals surface area contributed by atoms with E-state index in [4.69, 9.17) is 19.2 Å². The highest BCUT2D eigenvalue weighted by molar-refractivity contribution is 5.80. The first-order valence-corrected chi connectivity index (χ1v) is 10.1. The predicted molar refractivity (Wildman–Crippen MR) is 114 cm³/mol. The van der Waals surface area contributed by atoms with Crippen LogP contribution in [0.15, 0.2) is 17.1 Å². The van der Waals surface area contributed by atoms with Crippen molar-refractivity contribution in [3.8, 4) is 11.5 Å². The molecule has 7 heteroatoms. The highest BCUT2D eigenvalue weighted by atomic mass is 16.5. The van der Waals surface area contributed by atoms with Gasteiger partial charge in [-0.25, -0.2) is 0 Å². The van der Waals surface area contributed by atoms with E-state index in [2.05, 4.69) is 41.2 Å². The zero-order chi connectivity index (χ0) is 20.4. The Morgan fingerprint density at radius 1 is 1.14 bits per heavy atom. The summed E-state index contributed by atoms with van der Waals surface area (Å²) in [5.74, 6) is 2.57. The van der Waals surface area contributed by atoms with Gasteiger partial charge in [-0.1, -0.05) is 0 Å². The van der Waals surface area contributed by atoms with E-state index in [1.165, 1.54) is 11.1 Å². The van der Waals surface area contributed by atoms with Gasteiger partial charge in [0.15, 0.2) is 17.5 Å². The van der Waals surface area contributed by atoms with E-state index in [0.717, 1.165) is 76.2 Å². The average Bonchev–Trinajstić information content (AvgIpc) is 2.72. The molecular formula is C21H36N4O3. The molecule has 0 saturated heterocycles. The Labute approximate surface area is 169 Å². The second kappa shape index (κ2) is 11.8. The third-order valence-corrected chi connectivity index (χ3v) is 4.99. The summed E-state index contributed by atoms with van der Waals surface area (Å²) >= 11 is 0. The van der Waals surface area contributed by atoms with E-state index in [1.807, 2.05) is 0 Å². The van der Waals surface area contributed by atoms with E-state index in [1.54, 1.807) is 21.3 Å². The predicted octanol–water partition coefficient (Wildman–Crippen LogP) is 2.00. The fourth-order valence-electron chi connectivity index (χ4n) is 3.37. The summed E-state index contributed by atoms with van der Waals surface area (Å²) in [5.41, 5.74) is 2.60. The van der Waals surface area contributed by atoms with Crippen molar-refractivity contribution in [3.63, 3.8) is 0 Å². The molecule has 0 atom stereocenters. The van der Waals surface area contributed by atoms with Crippen molar-refractivity contribution in [2.75, 3.05) is 67.7 Å². The fourth-order valence-corrected chi connectivity index (χ4v) is 3.37. The van der Waals surface area contributed by atoms with Gasteiger partial charge in [0.25, 0.3) is 0 Å². The Morgan fingerprint density at radius 3 is 2.50 bits per heavy atom. The van der Waals surface area contributed by atoms with Crippen molar-refractivity contribution in [2.24, 2.45) is 4.99 Å². The summed E-state index contributed by atoms with van der Waals surface area (Å²) in [6.07, 6.45) is 2.00. The fraction of sp³-hybridized carbons (Fsp3) is 0.667. The summed E-state index contributed by atoms with van der Waals surface area (Å²) in [5, 5.41) is 3.44. The molecule has 2 rings (SSSR count). The van der Waals surface area contributed by atoms with Crippen LogP contribution in [0.3, 0.4) is 0 Å². The van der Waals surface area contributed by atoms with Gasteiger partial charge >= 0.3 is 0 Å². The lowest BCUT2D eigenvalue weighted by atomic mass is 9.99. The molecule has 1 aromatic rings. The second-order valence-electron chi connectivity index (χ2n) is 7.03. The molecule has 1 N–H and O–H groups in total. The molecule has 0 unspecified atom stereocenters. The van der Waals surface area contributed by atoms with Crippen molar-refractivity contribution in [3.05, 3.63) is 23.3 Å². The number of hydrogen-bond donors (Lipinski definition) is 1. The number of fused-ring (bicyclic) bond motifs is 1. The molecule has 1 aliphatic rings. The second-order valence-corrected chi connectivity index (χ2v) is 7.03. The number of nitrogens with zero attached hydrogens (tertiary/aromatic N) is 3. The Balaban J connectivity index is 1.99. The molecule has 0 saturated carbocycles. The molecule has 1 heterocycles. The molecule has 0 radical (unpaired) electrons. The van der Waals surface area contributed by atoms with Gasteiger partial charge in [-0.2, -0.15) is 0 Å². The highest BCUT2D eigenvalue weighted by Gasteiger charge is 2.21. The van der Waals surface area contributed by atoms with E-state index < -0.39 is 0 Å². The monoisotopic (exact) mass is 392 g/mol. The largest absolute Gasteiger partial charge is 0.493 e. The van der Waals surface area contributed by atoms with E-state index in [0.29, 0.717) is 0 Å². The van der Waals surface area contributed by atoms with Crippen LogP contribution in [0.1, 0.15) is 24.5 Å². The van der Waals surface area contributed by atoms with Crippen molar-refractivity contribution < 1.29 is 14.2 Å². The number of guanidine groups is 1. The summed E-state index contributed by atoms with van der Waals surface area (Å²) in [6.45, 7) is 8.30. The number of methoxy groups -OCH3 is 3. The third kappa shape index (κ3) is 6.27. The van der Waals surface area contributed by atoms with Crippen molar-refractivity contribution in [1.82, 2.24) is 15.1 Å². The molecule has 0 amide bonds. The van der Waals surface area contributed by atoms with E-state index >= 15 is 0 Å². The van der Waals surface area contributed by atoms with Gasteiger partial charge in [0.1, 0.15) is 0 Å². The van der Waals surface area contributed by atoms with Gasteiger partial charge in [-0.15, -0.1) is 0 Å². The number of hydrogen-bond acceptors (Lipinski definition) is 5. The maximum atomic E-state index is 5.47. The molecule has 0 spiro atoms. The van der Waals surface area contributed by atoms with Crippen LogP contribution in [0.2, 0.25) is 0 Å². The van der Waals surface area contributed by atoms with Gasteiger partial charge in [-0.3, -0.25) is 4.99 Å². The molecule has 158 valence electrons. The lowest BCUT2D eigenvalue weighted by molar-refractivity contribution is 0.161. The van der Waals surface area contributed by atoms with Crippen LogP contribution in [-0.2, 0) is 17.7 Å². The zero-order valence-electron chi connectivity index (χ0n) is 18.1. The molecule has 0 fully saturated rings. The summed E-state index contributed by atoms with van der Waals surface area (Å²) in [7, 11) is 7.22. The summed E-state index contributed by atoms with van der Waals surface area (Å²) < 4.78 is 16.0. The Bertz CT molecular complexity index is 636. The van der Waals surface area contributed by atoms with Gasteiger partial charge in [0.2, 0.25) is 0 Å². The van der Waals surface area contributed by atoms with Crippen LogP contribution in [-0.4, -0.2) is 83.5 Å². The topological polar surface area (TPSA) is 58.6 Å². The number of rotatable bonds is 10. The SMILES string of the molecule is CCNC(=NCCCN(C)CCOC)N1CCc2cc(OC)c(OC)cc2C1. The quantitative estimate of drug-likeness (QED) is 0.373. The molecule has 0 bridgehead atoms. The van der Waals surface area contributed by atoms with Crippen molar-refractivity contribution in [1.29, 1.82) is 0 Å². The Hall–Kier alpha value is -1.99. The van der Waals surface area contributed by atoms with Crippen molar-refractivity contribution in [2.45, 2.75) is 26.3 Å². The molecule has 0 aromatic heterocycles. The third-order valence-electron chi connectivity index (χ3n) is 4.99. The molecule has 7 nitrogen and oxygen atoms in total. The minimum absolute atomic E-state index is 0.768. The lowest BCUT2D eigenvalue weighted by Gasteiger charge is -2.32. The molecule has 1 aromatic carbocycles. The summed E-state index contributed by atoms with van der Waals surface area (Å²) in [6, 6.07) is 4.19. The number of ether oxygens (including phenoxy) is 3. The van der Waals surface area contributed by atoms with Crippen LogP contribution < -0.4 is 14.8 Å². The standard InChI is InChI=1S/C21H36N4O3/c1-6-22-21(23-9-7-10-24(2)12-13-26-3)25-11-8-17-14-19(27-4)20(28-5)15-18(17)16-25/h14-15H,6-13,16H2,1-5H3,(H,22,23). The normalized spacial score (nSPS) is 14.2. The molecule has 0 aliphatic carbocycles. The molecule has 28 heavy (non-hydrogen) atoms. The van der Waals surface area contributed by atoms with Gasteiger partial charge in [-0.05, 0) is 56.6 Å². The van der Waals surface area contributed by atoms with Gasteiger partial charge in [0, 0.05) is 39.8 Å². The Morgan fingerprint density at radius 2 is 1.86 bits per heavy atom. The molecular weight excluding hydrogens is 356 g/mol. The number of aliphatic imine (C=N–C) groups is 1. The Kier molecular flexibility index (Phi) is 9.37. The maximum absolute atomic E-state index is 5.47. The van der Waals surface area contributed by atoms with E-state index in [-0.39, 0.29) is 0 Å².